The van der Waals surface area contributed by atoms with Crippen molar-refractivity contribution in [2.45, 2.75) is 258 Å². The van der Waals surface area contributed by atoms with Gasteiger partial charge in [-0.3, -0.25) is 14.4 Å². The molecule has 0 spiro atoms. The van der Waals surface area contributed by atoms with Gasteiger partial charge < -0.3 is 14.2 Å². The Morgan fingerprint density at radius 2 is 0.607 bits per heavy atom. The van der Waals surface area contributed by atoms with E-state index in [2.05, 4.69) is 81.5 Å². The summed E-state index contributed by atoms with van der Waals surface area (Å²) in [4.78, 5) is 37.8. The van der Waals surface area contributed by atoms with Crippen LogP contribution in [-0.2, 0) is 28.6 Å². The van der Waals surface area contributed by atoms with Gasteiger partial charge in [0.2, 0.25) is 0 Å². The first-order valence-electron chi connectivity index (χ1n) is 25.8. The molecule has 0 saturated carbocycles. The second kappa shape index (κ2) is 49.8. The van der Waals surface area contributed by atoms with Gasteiger partial charge in [0.15, 0.2) is 6.10 Å². The maximum absolute atomic E-state index is 12.7. The van der Waals surface area contributed by atoms with Crippen molar-refractivity contribution in [1.29, 1.82) is 0 Å². The molecule has 0 aliphatic carbocycles. The van der Waals surface area contributed by atoms with Crippen molar-refractivity contribution in [3.05, 3.63) is 60.8 Å². The van der Waals surface area contributed by atoms with Crippen molar-refractivity contribution in [2.75, 3.05) is 13.2 Å². The van der Waals surface area contributed by atoms with Gasteiger partial charge in [0, 0.05) is 19.3 Å². The maximum Gasteiger partial charge on any atom is 0.306 e. The molecule has 0 fully saturated rings. The summed E-state index contributed by atoms with van der Waals surface area (Å²) >= 11 is 0. The van der Waals surface area contributed by atoms with Crippen LogP contribution in [0.5, 0.6) is 0 Å². The van der Waals surface area contributed by atoms with E-state index < -0.39 is 6.10 Å². The zero-order valence-corrected chi connectivity index (χ0v) is 40.2. The molecule has 0 heterocycles. The van der Waals surface area contributed by atoms with Crippen LogP contribution in [0.3, 0.4) is 0 Å². The molecule has 0 aromatic carbocycles. The molecule has 0 bridgehead atoms. The first-order valence-corrected chi connectivity index (χ1v) is 25.8. The Labute approximate surface area is 377 Å². The third-order valence-electron chi connectivity index (χ3n) is 11.0. The van der Waals surface area contributed by atoms with Crippen LogP contribution in [0.2, 0.25) is 0 Å². The zero-order valence-electron chi connectivity index (χ0n) is 40.2. The third-order valence-corrected chi connectivity index (χ3v) is 11.0. The van der Waals surface area contributed by atoms with Crippen LogP contribution < -0.4 is 0 Å². The second-order valence-corrected chi connectivity index (χ2v) is 17.1. The summed E-state index contributed by atoms with van der Waals surface area (Å²) < 4.78 is 16.7. The highest BCUT2D eigenvalue weighted by molar-refractivity contribution is 5.71. The van der Waals surface area contributed by atoms with Crippen molar-refractivity contribution in [3.63, 3.8) is 0 Å². The number of carbonyl (C=O) groups is 3. The fourth-order valence-corrected chi connectivity index (χ4v) is 7.05. The molecule has 0 amide bonds. The van der Waals surface area contributed by atoms with E-state index in [0.29, 0.717) is 19.3 Å². The molecule has 0 saturated heterocycles. The molecular formula is C55H96O6. The van der Waals surface area contributed by atoms with Crippen molar-refractivity contribution in [1.82, 2.24) is 0 Å². The minimum absolute atomic E-state index is 0.0836. The van der Waals surface area contributed by atoms with Crippen LogP contribution >= 0.6 is 0 Å². The lowest BCUT2D eigenvalue weighted by Crippen LogP contribution is -2.30. The SMILES string of the molecule is CCCC/C=C\C/C=C\CCCCCCCC(=O)OC(COC(=O)CCCCCCCC/C=C\C/C=C\C/C=C\CCCCCCC)COC(=O)CCCCCCCCCC. The van der Waals surface area contributed by atoms with Crippen LogP contribution in [0.4, 0.5) is 0 Å². The lowest BCUT2D eigenvalue weighted by molar-refractivity contribution is -0.167. The fraction of sp³-hybridized carbons (Fsp3) is 0.764. The lowest BCUT2D eigenvalue weighted by Gasteiger charge is -2.18. The quantitative estimate of drug-likeness (QED) is 0.0263. The molecule has 0 N–H and O–H groups in total. The molecule has 6 heteroatoms. The van der Waals surface area contributed by atoms with Gasteiger partial charge in [0.1, 0.15) is 13.2 Å². The molecule has 6 nitrogen and oxygen atoms in total. The molecule has 0 aliphatic rings. The van der Waals surface area contributed by atoms with Gasteiger partial charge in [-0.2, -0.15) is 0 Å². The minimum atomic E-state index is -0.783. The smallest absolute Gasteiger partial charge is 0.306 e. The average Bonchev–Trinajstić information content (AvgIpc) is 3.26. The van der Waals surface area contributed by atoms with E-state index >= 15 is 0 Å². The normalized spacial score (nSPS) is 12.5. The van der Waals surface area contributed by atoms with E-state index in [1.54, 1.807) is 0 Å². The van der Waals surface area contributed by atoms with Crippen molar-refractivity contribution in [3.8, 4) is 0 Å². The number of unbranched alkanes of at least 4 members (excludes halogenated alkanes) is 25. The first kappa shape index (κ1) is 58.1. The van der Waals surface area contributed by atoms with Crippen molar-refractivity contribution >= 4 is 17.9 Å². The number of carbonyl (C=O) groups excluding carboxylic acids is 3. The van der Waals surface area contributed by atoms with Crippen LogP contribution in [0.15, 0.2) is 60.8 Å². The third kappa shape index (κ3) is 48.0. The highest BCUT2D eigenvalue weighted by Crippen LogP contribution is 2.14. The van der Waals surface area contributed by atoms with Gasteiger partial charge in [-0.15, -0.1) is 0 Å². The van der Waals surface area contributed by atoms with E-state index in [1.165, 1.54) is 109 Å². The summed E-state index contributed by atoms with van der Waals surface area (Å²) in [6.45, 7) is 6.53. The van der Waals surface area contributed by atoms with Gasteiger partial charge in [-0.1, -0.05) is 210 Å². The molecule has 61 heavy (non-hydrogen) atoms. The number of hydrogen-bond donors (Lipinski definition) is 0. The Balaban J connectivity index is 4.31. The highest BCUT2D eigenvalue weighted by atomic mass is 16.6. The fourth-order valence-electron chi connectivity index (χ4n) is 7.05. The Hall–Kier alpha value is -2.89. The van der Waals surface area contributed by atoms with E-state index in [1.807, 2.05) is 0 Å². The van der Waals surface area contributed by atoms with Crippen molar-refractivity contribution in [2.24, 2.45) is 0 Å². The maximum atomic E-state index is 12.7. The van der Waals surface area contributed by atoms with Crippen LogP contribution in [0.1, 0.15) is 252 Å². The van der Waals surface area contributed by atoms with E-state index in [-0.39, 0.29) is 31.1 Å². The summed E-state index contributed by atoms with van der Waals surface area (Å²) in [5.74, 6) is -0.913. The predicted octanol–water partition coefficient (Wildman–Crippen LogP) is 16.9. The molecule has 0 radical (unpaired) electrons. The first-order chi connectivity index (χ1) is 30.0. The summed E-state index contributed by atoms with van der Waals surface area (Å²) in [6, 6.07) is 0. The zero-order chi connectivity index (χ0) is 44.4. The molecular weight excluding hydrogens is 757 g/mol. The number of allylic oxidation sites excluding steroid dienone is 10. The Kier molecular flexibility index (Phi) is 47.4. The van der Waals surface area contributed by atoms with Gasteiger partial charge in [0.05, 0.1) is 0 Å². The van der Waals surface area contributed by atoms with Gasteiger partial charge in [0.25, 0.3) is 0 Å². The number of rotatable bonds is 46. The van der Waals surface area contributed by atoms with Crippen LogP contribution in [0, 0.1) is 0 Å². The number of ether oxygens (including phenoxy) is 3. The second-order valence-electron chi connectivity index (χ2n) is 17.1. The van der Waals surface area contributed by atoms with E-state index in [9.17, 15) is 14.4 Å². The van der Waals surface area contributed by atoms with Crippen molar-refractivity contribution < 1.29 is 28.6 Å². The average molecular weight is 853 g/mol. The molecule has 0 aromatic heterocycles. The van der Waals surface area contributed by atoms with Gasteiger partial charge in [-0.05, 0) is 83.5 Å². The topological polar surface area (TPSA) is 78.9 Å². The molecule has 0 rings (SSSR count). The molecule has 352 valence electrons. The van der Waals surface area contributed by atoms with Gasteiger partial charge >= 0.3 is 17.9 Å². The Morgan fingerprint density at radius 3 is 0.967 bits per heavy atom. The van der Waals surface area contributed by atoms with Crippen LogP contribution in [-0.4, -0.2) is 37.2 Å². The largest absolute Gasteiger partial charge is 0.462 e. The summed E-state index contributed by atoms with van der Waals surface area (Å²) in [5.41, 5.74) is 0. The monoisotopic (exact) mass is 853 g/mol. The summed E-state index contributed by atoms with van der Waals surface area (Å²) in [7, 11) is 0. The molecule has 0 aliphatic heterocycles. The molecule has 1 atom stereocenters. The Bertz CT molecular complexity index is 1120. The standard InChI is InChI=1S/C55H96O6/c1-4-7-10-13-16-19-21-23-25-26-27-28-29-30-31-33-34-36-39-42-45-48-54(57)60-51-52(50-59-53(56)47-44-41-38-18-15-12-9-6-3)61-55(58)49-46-43-40-37-35-32-24-22-20-17-14-11-8-5-2/h14,17,21-24,26-27,29-30,52H,4-13,15-16,18-20,25,28,31-51H2,1-3H3/b17-14-,23-21-,24-22-,27-26-,30-29-. The number of hydrogen-bond acceptors (Lipinski definition) is 6. The lowest BCUT2D eigenvalue weighted by atomic mass is 10.1. The predicted molar refractivity (Wildman–Crippen MR) is 261 cm³/mol. The minimum Gasteiger partial charge on any atom is -0.462 e. The van der Waals surface area contributed by atoms with E-state index in [4.69, 9.17) is 14.2 Å². The Morgan fingerprint density at radius 1 is 0.328 bits per heavy atom. The summed E-state index contributed by atoms with van der Waals surface area (Å²) in [5, 5.41) is 0. The number of esters is 3. The van der Waals surface area contributed by atoms with Crippen LogP contribution in [0.25, 0.3) is 0 Å². The highest BCUT2D eigenvalue weighted by Gasteiger charge is 2.19. The summed E-state index contributed by atoms with van der Waals surface area (Å²) in [6.07, 6.45) is 60.7. The van der Waals surface area contributed by atoms with E-state index in [0.717, 1.165) is 103 Å². The molecule has 0 aromatic rings. The van der Waals surface area contributed by atoms with Gasteiger partial charge in [-0.25, -0.2) is 0 Å². The molecule has 1 unspecified atom stereocenters.